The van der Waals surface area contributed by atoms with E-state index in [9.17, 15) is 14.0 Å². The summed E-state index contributed by atoms with van der Waals surface area (Å²) in [4.78, 5) is 25.0. The average molecular weight is 452 g/mol. The molecule has 1 aromatic carbocycles. The molecule has 8 heteroatoms. The molecule has 1 saturated heterocycles. The highest BCUT2D eigenvalue weighted by atomic mass is 35.5. The maximum atomic E-state index is 13.5. The second-order valence-corrected chi connectivity index (χ2v) is 9.66. The molecule has 5 rings (SSSR count). The lowest BCUT2D eigenvalue weighted by Gasteiger charge is -2.39. The van der Waals surface area contributed by atoms with Gasteiger partial charge in [-0.15, -0.1) is 0 Å². The van der Waals surface area contributed by atoms with Crippen LogP contribution in [-0.2, 0) is 9.59 Å². The fourth-order valence-corrected chi connectivity index (χ4v) is 5.47. The topological polar surface area (TPSA) is 79.5 Å². The lowest BCUT2D eigenvalue weighted by atomic mass is 9.76. The molecule has 6 nitrogen and oxygen atoms in total. The third-order valence-electron chi connectivity index (χ3n) is 6.93. The molecule has 2 atom stereocenters. The van der Waals surface area contributed by atoms with Crippen molar-refractivity contribution in [2.24, 2.45) is 11.8 Å². The Hall–Kier alpha value is -1.86. The summed E-state index contributed by atoms with van der Waals surface area (Å²) >= 11 is 5.65. The van der Waals surface area contributed by atoms with Crippen molar-refractivity contribution in [1.82, 2.24) is 16.0 Å². The summed E-state index contributed by atoms with van der Waals surface area (Å²) in [6, 6.07) is 4.67. The number of nitrogens with one attached hydrogen (secondary N) is 3. The van der Waals surface area contributed by atoms with Gasteiger partial charge in [-0.1, -0.05) is 18.0 Å². The van der Waals surface area contributed by atoms with Crippen molar-refractivity contribution >= 4 is 23.4 Å². The second kappa shape index (κ2) is 9.74. The Morgan fingerprint density at radius 1 is 1.26 bits per heavy atom. The Bertz CT molecular complexity index is 809. The van der Waals surface area contributed by atoms with Gasteiger partial charge < -0.3 is 20.7 Å². The van der Waals surface area contributed by atoms with Crippen LogP contribution in [0.15, 0.2) is 18.2 Å². The zero-order valence-corrected chi connectivity index (χ0v) is 18.5. The van der Waals surface area contributed by atoms with Gasteiger partial charge in [0.2, 0.25) is 5.91 Å². The molecule has 170 valence electrons. The summed E-state index contributed by atoms with van der Waals surface area (Å²) in [7, 11) is 0. The monoisotopic (exact) mass is 451 g/mol. The number of carbonyl (C=O) groups excluding carboxylic acids is 2. The number of amides is 2. The van der Waals surface area contributed by atoms with Crippen molar-refractivity contribution in [2.75, 3.05) is 19.7 Å². The Labute approximate surface area is 187 Å². The molecule has 2 amide bonds. The molecule has 1 heterocycles. The van der Waals surface area contributed by atoms with Crippen molar-refractivity contribution in [3.63, 3.8) is 0 Å². The number of hydrogen-bond donors (Lipinski definition) is 3. The summed E-state index contributed by atoms with van der Waals surface area (Å²) < 4.78 is 18.8. The molecule has 3 saturated carbocycles. The number of ether oxygens (including phenoxy) is 1. The van der Waals surface area contributed by atoms with Crippen LogP contribution in [0.4, 0.5) is 4.39 Å². The van der Waals surface area contributed by atoms with Crippen LogP contribution in [-0.4, -0.2) is 43.1 Å². The molecule has 0 aromatic heterocycles. The van der Waals surface area contributed by atoms with Crippen LogP contribution < -0.4 is 20.7 Å². The molecule has 0 spiro atoms. The van der Waals surface area contributed by atoms with Gasteiger partial charge in [0.15, 0.2) is 6.61 Å². The van der Waals surface area contributed by atoms with Gasteiger partial charge in [0.05, 0.1) is 5.02 Å². The predicted octanol–water partition coefficient (Wildman–Crippen LogP) is 3.18. The van der Waals surface area contributed by atoms with Gasteiger partial charge in [-0.3, -0.25) is 9.59 Å². The molecular formula is C23H31ClFN3O3. The largest absolute Gasteiger partial charge is 0.484 e. The fraction of sp³-hybridized carbons (Fsp3) is 0.652. The molecule has 3 N–H and O–H groups in total. The van der Waals surface area contributed by atoms with E-state index < -0.39 is 5.82 Å². The maximum absolute atomic E-state index is 13.5. The van der Waals surface area contributed by atoms with Crippen LogP contribution in [0.3, 0.4) is 0 Å². The Kier molecular flexibility index (Phi) is 7.02. The number of benzene rings is 1. The van der Waals surface area contributed by atoms with Crippen LogP contribution in [0.5, 0.6) is 5.75 Å². The van der Waals surface area contributed by atoms with Crippen LogP contribution in [0.25, 0.3) is 0 Å². The van der Waals surface area contributed by atoms with E-state index in [1.165, 1.54) is 31.4 Å². The fourth-order valence-electron chi connectivity index (χ4n) is 5.35. The van der Waals surface area contributed by atoms with Crippen molar-refractivity contribution in [1.29, 1.82) is 0 Å². The van der Waals surface area contributed by atoms with E-state index in [1.807, 2.05) is 0 Å². The number of fused-ring (bicyclic) bond motifs is 1. The van der Waals surface area contributed by atoms with Crippen molar-refractivity contribution in [3.05, 3.63) is 29.0 Å². The number of rotatable bonds is 9. The lowest BCUT2D eigenvalue weighted by molar-refractivity contribution is -0.126. The summed E-state index contributed by atoms with van der Waals surface area (Å²) in [5.41, 5.74) is -0.301. The minimum absolute atomic E-state index is 0.0112. The van der Waals surface area contributed by atoms with E-state index in [1.54, 1.807) is 0 Å². The summed E-state index contributed by atoms with van der Waals surface area (Å²) in [6.45, 7) is 1.63. The molecule has 1 aliphatic heterocycles. The van der Waals surface area contributed by atoms with E-state index >= 15 is 0 Å². The summed E-state index contributed by atoms with van der Waals surface area (Å²) in [5.74, 6) is -0.156. The molecule has 0 radical (unpaired) electrons. The maximum Gasteiger partial charge on any atom is 0.258 e. The first-order valence-electron chi connectivity index (χ1n) is 11.3. The van der Waals surface area contributed by atoms with Gasteiger partial charge in [-0.25, -0.2) is 4.39 Å². The Balaban J connectivity index is 1.16. The molecule has 4 fully saturated rings. The van der Waals surface area contributed by atoms with E-state index in [2.05, 4.69) is 16.0 Å². The number of piperidine rings is 1. The lowest BCUT2D eigenvalue weighted by Crippen LogP contribution is -2.53. The first-order chi connectivity index (χ1) is 14.9. The Morgan fingerprint density at radius 3 is 2.84 bits per heavy atom. The van der Waals surface area contributed by atoms with E-state index in [4.69, 9.17) is 16.3 Å². The third kappa shape index (κ3) is 5.50. The van der Waals surface area contributed by atoms with E-state index in [0.717, 1.165) is 38.3 Å². The summed E-state index contributed by atoms with van der Waals surface area (Å²) in [5, 5.41) is 9.69. The van der Waals surface area contributed by atoms with Gasteiger partial charge >= 0.3 is 0 Å². The quantitative estimate of drug-likeness (QED) is 0.504. The van der Waals surface area contributed by atoms with Gasteiger partial charge in [-0.05, 0) is 69.5 Å². The predicted molar refractivity (Wildman–Crippen MR) is 116 cm³/mol. The molecule has 1 unspecified atom stereocenters. The number of hydrogen-bond acceptors (Lipinski definition) is 4. The first-order valence-corrected chi connectivity index (χ1v) is 11.7. The number of carbonyl (C=O) groups is 2. The zero-order valence-electron chi connectivity index (χ0n) is 17.7. The highest BCUT2D eigenvalue weighted by molar-refractivity contribution is 6.30. The van der Waals surface area contributed by atoms with Crippen LogP contribution in [0.1, 0.15) is 51.4 Å². The molecular weight excluding hydrogens is 421 g/mol. The minimum atomic E-state index is -0.584. The smallest absolute Gasteiger partial charge is 0.258 e. The first kappa shape index (κ1) is 22.3. The standard InChI is InChI=1S/C23H31ClFN3O3/c24-19-7-6-17(10-20(19)25)31-14-21(29)28-23-11-15(12-23)18(13-23)22(30)27-9-3-5-16-4-1-2-8-26-16/h6-7,10,15-16,18,26H,1-5,8-9,11-14H2,(H,27,30)(H,28,29)/t15?,16?,18-,23?/m0/s1. The average Bonchev–Trinajstić information content (AvgIpc) is 3.28. The second-order valence-electron chi connectivity index (χ2n) is 9.25. The highest BCUT2D eigenvalue weighted by Gasteiger charge is 2.58. The van der Waals surface area contributed by atoms with Crippen molar-refractivity contribution in [2.45, 2.75) is 62.9 Å². The molecule has 3 aliphatic carbocycles. The zero-order chi connectivity index (χ0) is 21.8. The van der Waals surface area contributed by atoms with Crippen molar-refractivity contribution in [3.8, 4) is 5.75 Å². The van der Waals surface area contributed by atoms with Crippen LogP contribution in [0.2, 0.25) is 5.02 Å². The normalized spacial score (nSPS) is 29.2. The highest BCUT2D eigenvalue weighted by Crippen LogP contribution is 2.55. The van der Waals surface area contributed by atoms with Gasteiger partial charge in [0.1, 0.15) is 11.6 Å². The Morgan fingerprint density at radius 2 is 2.10 bits per heavy atom. The number of halogens is 2. The third-order valence-corrected chi connectivity index (χ3v) is 7.24. The van der Waals surface area contributed by atoms with E-state index in [0.29, 0.717) is 24.9 Å². The molecule has 1 aromatic rings. The summed E-state index contributed by atoms with van der Waals surface area (Å²) in [6.07, 6.45) is 8.23. The van der Waals surface area contributed by atoms with Crippen LogP contribution >= 0.6 is 11.6 Å². The SMILES string of the molecule is O=C(COc1ccc(Cl)c(F)c1)NC12CC(C1)[C@@H](C(=O)NCCCC1CCCCN1)C2. The van der Waals surface area contributed by atoms with E-state index in [-0.39, 0.29) is 40.7 Å². The molecule has 2 bridgehead atoms. The van der Waals surface area contributed by atoms with Gasteiger partial charge in [0, 0.05) is 30.1 Å². The van der Waals surface area contributed by atoms with Crippen molar-refractivity contribution < 1.29 is 18.7 Å². The van der Waals surface area contributed by atoms with Crippen LogP contribution in [0, 0.1) is 17.7 Å². The van der Waals surface area contributed by atoms with Gasteiger partial charge in [-0.2, -0.15) is 0 Å². The minimum Gasteiger partial charge on any atom is -0.484 e. The molecule has 31 heavy (non-hydrogen) atoms. The van der Waals surface area contributed by atoms with Gasteiger partial charge in [0.25, 0.3) is 5.91 Å². The molecule has 4 aliphatic rings.